The fourth-order valence-corrected chi connectivity index (χ4v) is 3.76. The van der Waals surface area contributed by atoms with Crippen LogP contribution in [-0.2, 0) is 14.4 Å². The molecule has 0 aromatic heterocycles. The number of hydrogen-bond donors (Lipinski definition) is 2. The number of carbonyl (C=O) groups is 3. The topological polar surface area (TPSA) is 92.7 Å². The predicted octanol–water partition coefficient (Wildman–Crippen LogP) is 5.07. The molecule has 6 nitrogen and oxygen atoms in total. The maximum atomic E-state index is 13.4. The van der Waals surface area contributed by atoms with Crippen LogP contribution in [-0.4, -0.2) is 29.7 Å². The zero-order valence-corrected chi connectivity index (χ0v) is 20.5. The Balaban J connectivity index is 1.97. The van der Waals surface area contributed by atoms with Crippen LogP contribution in [0.25, 0.3) is 12.2 Å². The highest BCUT2D eigenvalue weighted by atomic mass is 16.5. The largest absolute Gasteiger partial charge is 0.504 e. The molecule has 0 aliphatic carbocycles. The molecule has 0 heterocycles. The fourth-order valence-electron chi connectivity index (χ4n) is 3.76. The number of nitrogens with one attached hydrogen (secondary N) is 1. The van der Waals surface area contributed by atoms with E-state index < -0.39 is 23.5 Å². The molecule has 0 radical (unpaired) electrons. The molecule has 1 amide bonds. The summed E-state index contributed by atoms with van der Waals surface area (Å²) in [6.45, 7) is 3.32. The Morgan fingerprint density at radius 3 is 2.00 bits per heavy atom. The first-order chi connectivity index (χ1) is 17.3. The summed E-state index contributed by atoms with van der Waals surface area (Å²) in [5.41, 5.74) is 3.11. The number of hydrogen-bond acceptors (Lipinski definition) is 5. The van der Waals surface area contributed by atoms with Crippen molar-refractivity contribution in [2.75, 3.05) is 7.11 Å². The van der Waals surface area contributed by atoms with E-state index in [1.807, 2.05) is 37.3 Å². The number of rotatable bonds is 10. The quantitative estimate of drug-likeness (QED) is 0.310. The summed E-state index contributed by atoms with van der Waals surface area (Å²) < 4.78 is 5.05. The Bertz CT molecular complexity index is 1280. The van der Waals surface area contributed by atoms with Gasteiger partial charge in [-0.1, -0.05) is 78.4 Å². The molecule has 0 aliphatic rings. The van der Waals surface area contributed by atoms with Crippen molar-refractivity contribution in [3.05, 3.63) is 107 Å². The van der Waals surface area contributed by atoms with Crippen molar-refractivity contribution in [2.45, 2.75) is 19.9 Å². The predicted molar refractivity (Wildman–Crippen MR) is 140 cm³/mol. The summed E-state index contributed by atoms with van der Waals surface area (Å²) in [6.07, 6.45) is 5.84. The molecular formula is C30H29NO5. The first-order valence-corrected chi connectivity index (χ1v) is 11.5. The van der Waals surface area contributed by atoms with Crippen LogP contribution >= 0.6 is 0 Å². The summed E-state index contributed by atoms with van der Waals surface area (Å²) in [5, 5.41) is 12.8. The SMILES string of the molecule is COc1ccc(/C=C/C(=O)C(C(=O)/C=C/c2ccc(C)cc2)C(NC(C)=O)c2ccccc2)cc1O. The van der Waals surface area contributed by atoms with E-state index in [0.29, 0.717) is 16.9 Å². The fraction of sp³-hybridized carbons (Fsp3) is 0.167. The molecule has 3 rings (SSSR count). The number of allylic oxidation sites excluding steroid dienone is 2. The van der Waals surface area contributed by atoms with Gasteiger partial charge >= 0.3 is 0 Å². The summed E-state index contributed by atoms with van der Waals surface area (Å²) >= 11 is 0. The minimum Gasteiger partial charge on any atom is -0.504 e. The number of ether oxygens (including phenoxy) is 1. The lowest BCUT2D eigenvalue weighted by molar-refractivity contribution is -0.129. The molecule has 6 heteroatoms. The Kier molecular flexibility index (Phi) is 8.95. The molecule has 3 aromatic rings. The van der Waals surface area contributed by atoms with E-state index >= 15 is 0 Å². The van der Waals surface area contributed by atoms with Crippen LogP contribution in [0.4, 0.5) is 0 Å². The van der Waals surface area contributed by atoms with Crippen molar-refractivity contribution in [2.24, 2.45) is 5.92 Å². The van der Waals surface area contributed by atoms with Crippen LogP contribution in [0.5, 0.6) is 11.5 Å². The van der Waals surface area contributed by atoms with Crippen LogP contribution in [0, 0.1) is 12.8 Å². The molecular weight excluding hydrogens is 454 g/mol. The van der Waals surface area contributed by atoms with E-state index in [4.69, 9.17) is 4.74 Å². The summed E-state index contributed by atoms with van der Waals surface area (Å²) in [4.78, 5) is 38.9. The van der Waals surface area contributed by atoms with E-state index in [-0.39, 0.29) is 11.7 Å². The first kappa shape index (κ1) is 26.2. The van der Waals surface area contributed by atoms with E-state index in [2.05, 4.69) is 5.32 Å². The molecule has 3 aromatic carbocycles. The number of amides is 1. The number of methoxy groups -OCH3 is 1. The van der Waals surface area contributed by atoms with Crippen LogP contribution in [0.1, 0.15) is 35.2 Å². The van der Waals surface area contributed by atoms with Gasteiger partial charge in [-0.2, -0.15) is 0 Å². The zero-order valence-electron chi connectivity index (χ0n) is 20.5. The molecule has 2 N–H and O–H groups in total. The zero-order chi connectivity index (χ0) is 26.1. The number of aromatic hydroxyl groups is 1. The van der Waals surface area contributed by atoms with Crippen molar-refractivity contribution in [1.29, 1.82) is 0 Å². The lowest BCUT2D eigenvalue weighted by atomic mass is 9.85. The molecule has 0 bridgehead atoms. The normalized spacial score (nSPS) is 12.9. The summed E-state index contributed by atoms with van der Waals surface area (Å²) in [5.74, 6) is -2.23. The third-order valence-corrected chi connectivity index (χ3v) is 5.62. The van der Waals surface area contributed by atoms with Crippen LogP contribution < -0.4 is 10.1 Å². The molecule has 2 unspecified atom stereocenters. The molecule has 0 saturated carbocycles. The number of carbonyl (C=O) groups excluding carboxylic acids is 3. The highest BCUT2D eigenvalue weighted by Gasteiger charge is 2.33. The van der Waals surface area contributed by atoms with Crippen LogP contribution in [0.15, 0.2) is 84.9 Å². The minimum atomic E-state index is -1.19. The molecule has 0 saturated heterocycles. The smallest absolute Gasteiger partial charge is 0.217 e. The Hall–Kier alpha value is -4.45. The van der Waals surface area contributed by atoms with Gasteiger partial charge in [0, 0.05) is 6.92 Å². The number of benzene rings is 3. The summed E-state index contributed by atoms with van der Waals surface area (Å²) in [6, 6.07) is 20.4. The highest BCUT2D eigenvalue weighted by molar-refractivity contribution is 6.14. The minimum absolute atomic E-state index is 0.0684. The molecule has 184 valence electrons. The van der Waals surface area contributed by atoms with E-state index in [1.165, 1.54) is 38.3 Å². The second kappa shape index (κ2) is 12.3. The van der Waals surface area contributed by atoms with Gasteiger partial charge in [0.15, 0.2) is 23.1 Å². The van der Waals surface area contributed by atoms with E-state index in [9.17, 15) is 19.5 Å². The lowest BCUT2D eigenvalue weighted by Crippen LogP contribution is -2.39. The van der Waals surface area contributed by atoms with Crippen molar-refractivity contribution in [3.63, 3.8) is 0 Å². The third-order valence-electron chi connectivity index (χ3n) is 5.62. The Morgan fingerprint density at radius 1 is 0.861 bits per heavy atom. The van der Waals surface area contributed by atoms with Gasteiger partial charge in [0.1, 0.15) is 5.92 Å². The van der Waals surface area contributed by atoms with Crippen molar-refractivity contribution >= 4 is 29.6 Å². The molecule has 0 aliphatic heterocycles. The van der Waals surface area contributed by atoms with Gasteiger partial charge < -0.3 is 15.2 Å². The average Bonchev–Trinajstić information content (AvgIpc) is 2.87. The van der Waals surface area contributed by atoms with E-state index in [0.717, 1.165) is 11.1 Å². The average molecular weight is 484 g/mol. The second-order valence-corrected chi connectivity index (χ2v) is 8.38. The maximum absolute atomic E-state index is 13.4. The second-order valence-electron chi connectivity index (χ2n) is 8.38. The molecule has 0 spiro atoms. The summed E-state index contributed by atoms with van der Waals surface area (Å²) in [7, 11) is 1.44. The monoisotopic (exact) mass is 483 g/mol. The third kappa shape index (κ3) is 7.03. The van der Waals surface area contributed by atoms with Gasteiger partial charge in [0.2, 0.25) is 5.91 Å². The highest BCUT2D eigenvalue weighted by Crippen LogP contribution is 2.28. The van der Waals surface area contributed by atoms with Gasteiger partial charge in [0.05, 0.1) is 13.2 Å². The lowest BCUT2D eigenvalue weighted by Gasteiger charge is -2.25. The molecule has 36 heavy (non-hydrogen) atoms. The van der Waals surface area contributed by atoms with Gasteiger partial charge in [-0.15, -0.1) is 0 Å². The number of aryl methyl sites for hydroxylation is 1. The number of phenolic OH excluding ortho intramolecular Hbond substituents is 1. The van der Waals surface area contributed by atoms with Gasteiger partial charge in [-0.25, -0.2) is 0 Å². The van der Waals surface area contributed by atoms with Crippen LogP contribution in [0.2, 0.25) is 0 Å². The van der Waals surface area contributed by atoms with E-state index in [1.54, 1.807) is 42.5 Å². The molecule has 2 atom stereocenters. The van der Waals surface area contributed by atoms with Crippen molar-refractivity contribution in [3.8, 4) is 11.5 Å². The first-order valence-electron chi connectivity index (χ1n) is 11.5. The van der Waals surface area contributed by atoms with Gasteiger partial charge in [0.25, 0.3) is 0 Å². The Morgan fingerprint density at radius 2 is 1.44 bits per heavy atom. The van der Waals surface area contributed by atoms with Crippen LogP contribution in [0.3, 0.4) is 0 Å². The number of ketones is 2. The van der Waals surface area contributed by atoms with Crippen molar-refractivity contribution < 1.29 is 24.2 Å². The number of phenols is 1. The van der Waals surface area contributed by atoms with Crippen molar-refractivity contribution in [1.82, 2.24) is 5.32 Å². The van der Waals surface area contributed by atoms with Gasteiger partial charge in [-0.3, -0.25) is 14.4 Å². The van der Waals surface area contributed by atoms with Gasteiger partial charge in [-0.05, 0) is 47.9 Å². The Labute approximate surface area is 210 Å². The maximum Gasteiger partial charge on any atom is 0.217 e. The molecule has 0 fully saturated rings. The standard InChI is InChI=1S/C30H29NO5/c1-20-9-11-22(12-10-20)13-16-25(33)29(30(31-21(2)32)24-7-5-4-6-8-24)26(34)17-14-23-15-18-28(36-3)27(35)19-23/h4-19,29-30,35H,1-3H3,(H,31,32)/b16-13+,17-14+.